The molecule has 0 fully saturated rings. The van der Waals surface area contributed by atoms with Gasteiger partial charge in [0.25, 0.3) is 0 Å². The fourth-order valence-electron chi connectivity index (χ4n) is 1.93. The highest BCUT2D eigenvalue weighted by molar-refractivity contribution is 5.54. The molecule has 0 atom stereocenters. The SMILES string of the molecule is COc1ccc(NCc2cncn2C(C)C)cc1O. The van der Waals surface area contributed by atoms with Gasteiger partial charge in [0.1, 0.15) is 0 Å². The first-order valence-corrected chi connectivity index (χ1v) is 6.23. The lowest BCUT2D eigenvalue weighted by Gasteiger charge is -2.13. The van der Waals surface area contributed by atoms with Gasteiger partial charge in [-0.2, -0.15) is 0 Å². The Bertz CT molecular complexity index is 549. The molecule has 1 aromatic heterocycles. The van der Waals surface area contributed by atoms with Crippen molar-refractivity contribution in [1.29, 1.82) is 0 Å². The van der Waals surface area contributed by atoms with Crippen LogP contribution in [0.4, 0.5) is 5.69 Å². The number of rotatable bonds is 5. The molecule has 0 aliphatic rings. The van der Waals surface area contributed by atoms with E-state index < -0.39 is 0 Å². The Hall–Kier alpha value is -2.17. The summed E-state index contributed by atoms with van der Waals surface area (Å²) in [6.45, 7) is 4.89. The molecule has 5 heteroatoms. The zero-order chi connectivity index (χ0) is 13.8. The van der Waals surface area contributed by atoms with Crippen LogP contribution in [0.1, 0.15) is 25.6 Å². The Morgan fingerprint density at radius 2 is 2.21 bits per heavy atom. The van der Waals surface area contributed by atoms with Gasteiger partial charge >= 0.3 is 0 Å². The van der Waals surface area contributed by atoms with E-state index in [1.54, 1.807) is 12.1 Å². The fourth-order valence-corrected chi connectivity index (χ4v) is 1.93. The van der Waals surface area contributed by atoms with E-state index in [9.17, 15) is 5.11 Å². The minimum atomic E-state index is 0.130. The van der Waals surface area contributed by atoms with Gasteiger partial charge in [-0.05, 0) is 26.0 Å². The second kappa shape index (κ2) is 5.65. The van der Waals surface area contributed by atoms with Crippen molar-refractivity contribution >= 4 is 5.69 Å². The van der Waals surface area contributed by atoms with E-state index in [0.29, 0.717) is 18.3 Å². The van der Waals surface area contributed by atoms with Crippen LogP contribution in [0.25, 0.3) is 0 Å². The van der Waals surface area contributed by atoms with E-state index in [-0.39, 0.29) is 5.75 Å². The third kappa shape index (κ3) is 2.99. The molecule has 2 N–H and O–H groups in total. The van der Waals surface area contributed by atoms with E-state index in [4.69, 9.17) is 4.74 Å². The predicted molar refractivity (Wildman–Crippen MR) is 74.6 cm³/mol. The standard InChI is InChI=1S/C14H19N3O2/c1-10(2)17-9-15-7-12(17)8-16-11-4-5-14(19-3)13(18)6-11/h4-7,9-10,16,18H,8H2,1-3H3. The fraction of sp³-hybridized carbons (Fsp3) is 0.357. The minimum Gasteiger partial charge on any atom is -0.504 e. The van der Waals surface area contributed by atoms with E-state index in [1.165, 1.54) is 7.11 Å². The largest absolute Gasteiger partial charge is 0.504 e. The van der Waals surface area contributed by atoms with Crippen LogP contribution in [-0.4, -0.2) is 21.8 Å². The molecular formula is C14H19N3O2. The zero-order valence-corrected chi connectivity index (χ0v) is 11.4. The van der Waals surface area contributed by atoms with Gasteiger partial charge < -0.3 is 19.7 Å². The predicted octanol–water partition coefficient (Wildman–Crippen LogP) is 2.79. The molecule has 0 amide bonds. The number of phenols is 1. The number of anilines is 1. The van der Waals surface area contributed by atoms with Crippen LogP contribution >= 0.6 is 0 Å². The molecule has 1 heterocycles. The Morgan fingerprint density at radius 1 is 1.42 bits per heavy atom. The third-order valence-electron chi connectivity index (χ3n) is 2.96. The molecule has 0 saturated carbocycles. The normalized spacial score (nSPS) is 10.7. The summed E-state index contributed by atoms with van der Waals surface area (Å²) in [5.74, 6) is 0.600. The molecule has 19 heavy (non-hydrogen) atoms. The highest BCUT2D eigenvalue weighted by atomic mass is 16.5. The van der Waals surface area contributed by atoms with E-state index in [2.05, 4.69) is 28.7 Å². The average molecular weight is 261 g/mol. The Labute approximate surface area is 112 Å². The van der Waals surface area contributed by atoms with Crippen molar-refractivity contribution in [2.75, 3.05) is 12.4 Å². The van der Waals surface area contributed by atoms with Crippen LogP contribution in [0.15, 0.2) is 30.7 Å². The summed E-state index contributed by atoms with van der Waals surface area (Å²) in [6.07, 6.45) is 3.67. The van der Waals surface area contributed by atoms with E-state index >= 15 is 0 Å². The summed E-state index contributed by atoms with van der Waals surface area (Å²) in [6, 6.07) is 5.63. The first-order valence-electron chi connectivity index (χ1n) is 6.23. The van der Waals surface area contributed by atoms with Crippen LogP contribution in [0.3, 0.4) is 0 Å². The maximum absolute atomic E-state index is 9.71. The van der Waals surface area contributed by atoms with Crippen molar-refractivity contribution in [3.8, 4) is 11.5 Å². The number of aromatic nitrogens is 2. The number of aromatic hydroxyl groups is 1. The zero-order valence-electron chi connectivity index (χ0n) is 11.4. The Morgan fingerprint density at radius 3 is 2.84 bits per heavy atom. The number of ether oxygens (including phenoxy) is 1. The van der Waals surface area contributed by atoms with Crippen LogP contribution in [0.2, 0.25) is 0 Å². The van der Waals surface area contributed by atoms with Gasteiger partial charge in [0.2, 0.25) is 0 Å². The first-order chi connectivity index (χ1) is 9.11. The van der Waals surface area contributed by atoms with Crippen molar-refractivity contribution < 1.29 is 9.84 Å². The van der Waals surface area contributed by atoms with Crippen LogP contribution < -0.4 is 10.1 Å². The maximum Gasteiger partial charge on any atom is 0.160 e. The molecule has 0 radical (unpaired) electrons. The molecule has 0 bridgehead atoms. The first kappa shape index (κ1) is 13.3. The van der Waals surface area contributed by atoms with Gasteiger partial charge in [0.15, 0.2) is 11.5 Å². The molecule has 2 rings (SSSR count). The second-order valence-electron chi connectivity index (χ2n) is 4.63. The summed E-state index contributed by atoms with van der Waals surface area (Å²) in [4.78, 5) is 4.15. The molecular weight excluding hydrogens is 242 g/mol. The number of nitrogens with one attached hydrogen (secondary N) is 1. The van der Waals surface area contributed by atoms with Gasteiger partial charge in [-0.15, -0.1) is 0 Å². The van der Waals surface area contributed by atoms with Crippen molar-refractivity contribution in [1.82, 2.24) is 9.55 Å². The number of methoxy groups -OCH3 is 1. The van der Waals surface area contributed by atoms with E-state index in [0.717, 1.165) is 11.4 Å². The number of hydrogen-bond acceptors (Lipinski definition) is 4. The summed E-state index contributed by atoms with van der Waals surface area (Å²) in [7, 11) is 1.53. The van der Waals surface area contributed by atoms with Crippen molar-refractivity contribution in [2.45, 2.75) is 26.4 Å². The summed E-state index contributed by atoms with van der Waals surface area (Å²) in [5, 5.41) is 13.0. The minimum absolute atomic E-state index is 0.130. The molecule has 0 spiro atoms. The molecule has 102 valence electrons. The topological polar surface area (TPSA) is 59.3 Å². The van der Waals surface area contributed by atoms with Crippen LogP contribution in [0.5, 0.6) is 11.5 Å². The maximum atomic E-state index is 9.71. The van der Waals surface area contributed by atoms with Gasteiger partial charge in [0.05, 0.1) is 25.7 Å². The van der Waals surface area contributed by atoms with E-state index in [1.807, 2.05) is 18.6 Å². The lowest BCUT2D eigenvalue weighted by Crippen LogP contribution is -2.08. The van der Waals surface area contributed by atoms with Crippen LogP contribution in [-0.2, 0) is 6.54 Å². The second-order valence-corrected chi connectivity index (χ2v) is 4.63. The Kier molecular flexibility index (Phi) is 3.94. The number of nitrogens with zero attached hydrogens (tertiary/aromatic N) is 2. The highest BCUT2D eigenvalue weighted by Crippen LogP contribution is 2.28. The lowest BCUT2D eigenvalue weighted by molar-refractivity contribution is 0.373. The van der Waals surface area contributed by atoms with Crippen LogP contribution in [0, 0.1) is 0 Å². The molecule has 2 aromatic rings. The van der Waals surface area contributed by atoms with Gasteiger partial charge in [0, 0.05) is 24.0 Å². The van der Waals surface area contributed by atoms with Crippen molar-refractivity contribution in [3.05, 3.63) is 36.4 Å². The molecule has 0 saturated heterocycles. The summed E-state index contributed by atoms with van der Waals surface area (Å²) < 4.78 is 7.12. The third-order valence-corrected chi connectivity index (χ3v) is 2.96. The number of imidazole rings is 1. The summed E-state index contributed by atoms with van der Waals surface area (Å²) in [5.41, 5.74) is 1.94. The molecule has 5 nitrogen and oxygen atoms in total. The smallest absolute Gasteiger partial charge is 0.160 e. The number of hydrogen-bond donors (Lipinski definition) is 2. The van der Waals surface area contributed by atoms with Crippen molar-refractivity contribution in [2.24, 2.45) is 0 Å². The monoisotopic (exact) mass is 261 g/mol. The van der Waals surface area contributed by atoms with Gasteiger partial charge in [-0.25, -0.2) is 4.98 Å². The van der Waals surface area contributed by atoms with Gasteiger partial charge in [-0.1, -0.05) is 0 Å². The van der Waals surface area contributed by atoms with Crippen molar-refractivity contribution in [3.63, 3.8) is 0 Å². The number of phenolic OH excluding ortho intramolecular Hbond substituents is 1. The highest BCUT2D eigenvalue weighted by Gasteiger charge is 2.06. The molecule has 0 aliphatic carbocycles. The molecule has 0 unspecified atom stereocenters. The lowest BCUT2D eigenvalue weighted by atomic mass is 10.2. The quantitative estimate of drug-likeness (QED) is 0.869. The van der Waals surface area contributed by atoms with Gasteiger partial charge in [-0.3, -0.25) is 0 Å². The number of benzene rings is 1. The average Bonchev–Trinajstić information content (AvgIpc) is 2.85. The summed E-state index contributed by atoms with van der Waals surface area (Å²) >= 11 is 0. The molecule has 1 aromatic carbocycles. The molecule has 0 aliphatic heterocycles. The Balaban J connectivity index is 2.06.